The van der Waals surface area contributed by atoms with Crippen molar-refractivity contribution in [1.82, 2.24) is 0 Å². The molecule has 1 rings (SSSR count). The van der Waals surface area contributed by atoms with E-state index in [0.29, 0.717) is 6.92 Å². The summed E-state index contributed by atoms with van der Waals surface area (Å²) >= 11 is 0. The quantitative estimate of drug-likeness (QED) is 0.598. The first kappa shape index (κ1) is 18.0. The number of hydrogen-bond donors (Lipinski definition) is 1. The van der Waals surface area contributed by atoms with E-state index in [4.69, 9.17) is 5.11 Å². The van der Waals surface area contributed by atoms with Gasteiger partial charge in [0.15, 0.2) is 0 Å². The molecular weight excluding hydrogens is 334 g/mol. The lowest BCUT2D eigenvalue weighted by molar-refractivity contribution is -0.440. The number of carbonyl (C=O) groups is 3. The zero-order valence-electron chi connectivity index (χ0n) is 10.3. The van der Waals surface area contributed by atoms with Crippen molar-refractivity contribution in [3.05, 3.63) is 0 Å². The lowest BCUT2D eigenvalue weighted by atomic mass is 10.2. The van der Waals surface area contributed by atoms with Gasteiger partial charge in [-0.1, -0.05) is 0 Å². The van der Waals surface area contributed by atoms with E-state index in [1.807, 2.05) is 0 Å². The average molecular weight is 340 g/mol. The van der Waals surface area contributed by atoms with E-state index in [-0.39, 0.29) is 0 Å². The molecule has 0 aliphatic carbocycles. The fraction of sp³-hybridized carbons (Fsp3) is 0.667. The van der Waals surface area contributed by atoms with Crippen LogP contribution >= 0.6 is 0 Å². The molecule has 0 amide bonds. The minimum Gasteiger partial charge on any atom is -0.478 e. The van der Waals surface area contributed by atoms with Crippen LogP contribution in [0.2, 0.25) is 0 Å². The summed E-state index contributed by atoms with van der Waals surface area (Å²) < 4.78 is 86.4. The highest BCUT2D eigenvalue weighted by atomic mass is 19.4. The summed E-state index contributed by atoms with van der Waals surface area (Å²) in [6.45, 7) is 0.622. The van der Waals surface area contributed by atoms with Crippen LogP contribution in [0.3, 0.4) is 0 Å². The molecule has 1 aliphatic heterocycles. The standard InChI is InChI=1S/C9H6F6O7/c1-2(16)20-3(5(17)18)4-6(19)22-7(21-4,8(10,11)12)9(13,14)15/h3-4H,1H3,(H,17,18)/t3-,4-/m1/s1. The second kappa shape index (κ2) is 5.30. The summed E-state index contributed by atoms with van der Waals surface area (Å²) in [4.78, 5) is 32.6. The Morgan fingerprint density at radius 3 is 1.95 bits per heavy atom. The lowest BCUT2D eigenvalue weighted by Gasteiger charge is -2.30. The van der Waals surface area contributed by atoms with Crippen LogP contribution in [0.4, 0.5) is 26.3 Å². The minimum absolute atomic E-state index is 0.622. The molecule has 126 valence electrons. The zero-order chi connectivity index (χ0) is 17.5. The van der Waals surface area contributed by atoms with Crippen LogP contribution in [0.5, 0.6) is 0 Å². The van der Waals surface area contributed by atoms with Crippen molar-refractivity contribution in [1.29, 1.82) is 0 Å². The number of carboxylic acids is 1. The molecular formula is C9H6F6O7. The Morgan fingerprint density at radius 1 is 1.23 bits per heavy atom. The summed E-state index contributed by atoms with van der Waals surface area (Å²) in [6, 6.07) is 0. The molecule has 0 unspecified atom stereocenters. The van der Waals surface area contributed by atoms with Gasteiger partial charge in [-0.15, -0.1) is 0 Å². The Balaban J connectivity index is 3.26. The van der Waals surface area contributed by atoms with Crippen molar-refractivity contribution in [2.45, 2.75) is 37.3 Å². The smallest absolute Gasteiger partial charge is 0.465 e. The highest BCUT2D eigenvalue weighted by molar-refractivity contribution is 5.87. The molecule has 1 N–H and O–H groups in total. The van der Waals surface area contributed by atoms with Gasteiger partial charge >= 0.3 is 36.0 Å². The molecule has 0 bridgehead atoms. The Kier molecular flexibility index (Phi) is 4.33. The predicted octanol–water partition coefficient (Wildman–Crippen LogP) is 0.766. The van der Waals surface area contributed by atoms with Gasteiger partial charge in [-0.2, -0.15) is 26.3 Å². The number of hydrogen-bond acceptors (Lipinski definition) is 6. The second-order valence-corrected chi connectivity index (χ2v) is 3.94. The van der Waals surface area contributed by atoms with Gasteiger partial charge in [-0.3, -0.25) is 4.79 Å². The van der Waals surface area contributed by atoms with E-state index in [2.05, 4.69) is 14.2 Å². The summed E-state index contributed by atoms with van der Waals surface area (Å²) in [5.41, 5.74) is 0. The van der Waals surface area contributed by atoms with Gasteiger partial charge in [0, 0.05) is 6.92 Å². The first-order valence-electron chi connectivity index (χ1n) is 5.17. The van der Waals surface area contributed by atoms with E-state index in [1.54, 1.807) is 0 Å². The Labute approximate surface area is 116 Å². The molecule has 0 aromatic heterocycles. The van der Waals surface area contributed by atoms with Gasteiger partial charge in [0.1, 0.15) is 0 Å². The van der Waals surface area contributed by atoms with Crippen LogP contribution in [0, 0.1) is 0 Å². The molecule has 2 atom stereocenters. The Morgan fingerprint density at radius 2 is 1.68 bits per heavy atom. The maximum atomic E-state index is 12.6. The molecule has 0 saturated carbocycles. The Hall–Kier alpha value is -2.05. The third-order valence-corrected chi connectivity index (χ3v) is 2.33. The fourth-order valence-corrected chi connectivity index (χ4v) is 1.47. The van der Waals surface area contributed by atoms with Crippen molar-refractivity contribution in [3.63, 3.8) is 0 Å². The summed E-state index contributed by atoms with van der Waals surface area (Å²) in [6.07, 6.45) is -18.2. The molecule has 22 heavy (non-hydrogen) atoms. The predicted molar refractivity (Wildman–Crippen MR) is 49.0 cm³/mol. The number of halogens is 6. The van der Waals surface area contributed by atoms with Crippen LogP contribution in [0.25, 0.3) is 0 Å². The number of ether oxygens (including phenoxy) is 3. The van der Waals surface area contributed by atoms with E-state index in [0.717, 1.165) is 0 Å². The van der Waals surface area contributed by atoms with Gasteiger partial charge in [-0.05, 0) is 0 Å². The number of aliphatic carboxylic acids is 1. The van der Waals surface area contributed by atoms with Gasteiger partial charge in [0.05, 0.1) is 0 Å². The highest BCUT2D eigenvalue weighted by Gasteiger charge is 2.81. The third kappa shape index (κ3) is 2.93. The van der Waals surface area contributed by atoms with Crippen molar-refractivity contribution in [2.24, 2.45) is 0 Å². The lowest BCUT2D eigenvalue weighted by Crippen LogP contribution is -2.58. The topological polar surface area (TPSA) is 99.1 Å². The zero-order valence-corrected chi connectivity index (χ0v) is 10.3. The van der Waals surface area contributed by atoms with Gasteiger partial charge in [0.25, 0.3) is 0 Å². The van der Waals surface area contributed by atoms with E-state index < -0.39 is 48.3 Å². The van der Waals surface area contributed by atoms with Crippen LogP contribution < -0.4 is 0 Å². The first-order valence-corrected chi connectivity index (χ1v) is 5.17. The number of carboxylic acid groups (broad SMARTS) is 1. The average Bonchev–Trinajstić information content (AvgIpc) is 2.63. The molecule has 1 saturated heterocycles. The monoisotopic (exact) mass is 340 g/mol. The van der Waals surface area contributed by atoms with Crippen LogP contribution in [-0.4, -0.2) is 53.4 Å². The molecule has 1 aliphatic rings. The molecule has 1 fully saturated rings. The molecule has 13 heteroatoms. The number of rotatable bonds is 3. The molecule has 0 spiro atoms. The van der Waals surface area contributed by atoms with Crippen LogP contribution in [0.1, 0.15) is 6.92 Å². The summed E-state index contributed by atoms with van der Waals surface area (Å²) in [5, 5.41) is 8.65. The van der Waals surface area contributed by atoms with Crippen molar-refractivity contribution >= 4 is 17.9 Å². The number of cyclic esters (lactones) is 1. The molecule has 7 nitrogen and oxygen atoms in total. The SMILES string of the molecule is CC(=O)O[C@@H](C(=O)O)[C@H]1OC(C(F)(F)F)(C(F)(F)F)OC1=O. The van der Waals surface area contributed by atoms with Crippen LogP contribution in [0.15, 0.2) is 0 Å². The van der Waals surface area contributed by atoms with Crippen molar-refractivity contribution < 1.29 is 60.0 Å². The highest BCUT2D eigenvalue weighted by Crippen LogP contribution is 2.50. The van der Waals surface area contributed by atoms with Gasteiger partial charge in [-0.25, -0.2) is 9.59 Å². The van der Waals surface area contributed by atoms with Crippen molar-refractivity contribution in [3.8, 4) is 0 Å². The van der Waals surface area contributed by atoms with E-state index in [1.165, 1.54) is 0 Å². The number of esters is 2. The van der Waals surface area contributed by atoms with Gasteiger partial charge in [0.2, 0.25) is 12.2 Å². The molecule has 1 heterocycles. The van der Waals surface area contributed by atoms with Crippen molar-refractivity contribution in [2.75, 3.05) is 0 Å². The summed E-state index contributed by atoms with van der Waals surface area (Å²) in [7, 11) is 0. The summed E-state index contributed by atoms with van der Waals surface area (Å²) in [5.74, 6) is -11.2. The fourth-order valence-electron chi connectivity index (χ4n) is 1.47. The molecule has 0 aromatic rings. The maximum Gasteiger partial charge on any atom is 0.465 e. The van der Waals surface area contributed by atoms with E-state index in [9.17, 15) is 40.7 Å². The third-order valence-electron chi connectivity index (χ3n) is 2.33. The normalized spacial score (nSPS) is 22.9. The molecule has 0 aromatic carbocycles. The number of carbonyl (C=O) groups excluding carboxylic acids is 2. The molecule has 0 radical (unpaired) electrons. The maximum absolute atomic E-state index is 12.6. The Bertz CT molecular complexity index is 482. The largest absolute Gasteiger partial charge is 0.478 e. The minimum atomic E-state index is -6.24. The first-order chi connectivity index (χ1) is 9.73. The second-order valence-electron chi connectivity index (χ2n) is 3.94. The number of alkyl halides is 6. The van der Waals surface area contributed by atoms with Crippen LogP contribution in [-0.2, 0) is 28.6 Å². The van der Waals surface area contributed by atoms with Gasteiger partial charge < -0.3 is 19.3 Å². The van der Waals surface area contributed by atoms with E-state index >= 15 is 0 Å².